The average molecular weight is 438 g/mol. The molecule has 162 valence electrons. The molecule has 3 aromatic carbocycles. The second-order valence-corrected chi connectivity index (χ2v) is 7.25. The van der Waals surface area contributed by atoms with Crippen molar-refractivity contribution >= 4 is 34.0 Å². The van der Waals surface area contributed by atoms with Crippen molar-refractivity contribution in [1.82, 2.24) is 25.2 Å². The molecule has 0 atom stereocenters. The molecule has 3 N–H and O–H groups in total. The van der Waals surface area contributed by atoms with Crippen LogP contribution in [0.3, 0.4) is 0 Å². The summed E-state index contributed by atoms with van der Waals surface area (Å²) in [5.41, 5.74) is 4.61. The summed E-state index contributed by atoms with van der Waals surface area (Å²) in [6, 6.07) is 21.2. The van der Waals surface area contributed by atoms with Gasteiger partial charge in [0.2, 0.25) is 5.88 Å². The molecule has 0 bridgehead atoms. The molecule has 0 saturated carbocycles. The number of nitrogens with one attached hydrogen (secondary N) is 2. The van der Waals surface area contributed by atoms with E-state index in [0.29, 0.717) is 28.1 Å². The number of anilines is 1. The molecule has 0 spiro atoms. The van der Waals surface area contributed by atoms with Gasteiger partial charge in [-0.3, -0.25) is 9.89 Å². The van der Waals surface area contributed by atoms with Crippen molar-refractivity contribution in [2.75, 3.05) is 5.32 Å². The molecule has 0 saturated heterocycles. The van der Waals surface area contributed by atoms with Gasteiger partial charge in [0.25, 0.3) is 5.91 Å². The number of para-hydroxylation sites is 1. The normalized spacial score (nSPS) is 11.3. The number of hydrogen-bond donors (Lipinski definition) is 3. The first kappa shape index (κ1) is 20.1. The van der Waals surface area contributed by atoms with Crippen LogP contribution in [0.5, 0.6) is 5.88 Å². The van der Waals surface area contributed by atoms with Gasteiger partial charge in [-0.15, -0.1) is 10.2 Å². The summed E-state index contributed by atoms with van der Waals surface area (Å²) in [5.74, 6) is -0.360. The molecule has 0 fully saturated rings. The van der Waals surface area contributed by atoms with E-state index in [2.05, 4.69) is 36.1 Å². The summed E-state index contributed by atoms with van der Waals surface area (Å²) in [6.07, 6.45) is 0. The molecular formula is C23H18N8O2. The van der Waals surface area contributed by atoms with Crippen LogP contribution in [0, 0.1) is 6.92 Å². The average Bonchev–Trinajstić information content (AvgIpc) is 3.42. The number of hydrogen-bond acceptors (Lipinski definition) is 7. The Morgan fingerprint density at radius 3 is 2.61 bits per heavy atom. The van der Waals surface area contributed by atoms with E-state index in [1.807, 2.05) is 30.3 Å². The van der Waals surface area contributed by atoms with Gasteiger partial charge in [0, 0.05) is 11.3 Å². The number of nitrogens with zero attached hydrogens (tertiary/aromatic N) is 6. The molecule has 2 heterocycles. The molecule has 0 aliphatic heterocycles. The molecule has 0 aliphatic carbocycles. The van der Waals surface area contributed by atoms with Crippen LogP contribution in [0.1, 0.15) is 16.1 Å². The Bertz CT molecular complexity index is 1470. The summed E-state index contributed by atoms with van der Waals surface area (Å²) in [5, 5.41) is 36.5. The number of aromatic nitrogens is 5. The summed E-state index contributed by atoms with van der Waals surface area (Å²) in [4.78, 5) is 12.6. The van der Waals surface area contributed by atoms with E-state index in [-0.39, 0.29) is 17.5 Å². The molecule has 5 rings (SSSR count). The van der Waals surface area contributed by atoms with Gasteiger partial charge in [-0.1, -0.05) is 23.4 Å². The predicted molar refractivity (Wildman–Crippen MR) is 122 cm³/mol. The van der Waals surface area contributed by atoms with Crippen molar-refractivity contribution in [2.24, 2.45) is 10.2 Å². The van der Waals surface area contributed by atoms with Gasteiger partial charge in [0.05, 0.1) is 22.6 Å². The maximum atomic E-state index is 12.6. The van der Waals surface area contributed by atoms with Crippen LogP contribution in [0.2, 0.25) is 0 Å². The van der Waals surface area contributed by atoms with Crippen LogP contribution in [0.25, 0.3) is 16.7 Å². The minimum Gasteiger partial charge on any atom is -0.492 e. The maximum Gasteiger partial charge on any atom is 0.255 e. The lowest BCUT2D eigenvalue weighted by atomic mass is 10.2. The minimum atomic E-state index is -0.265. The first-order valence-corrected chi connectivity index (χ1v) is 10.1. The number of azo groups is 1. The molecule has 2 aromatic heterocycles. The molecule has 10 heteroatoms. The highest BCUT2D eigenvalue weighted by atomic mass is 16.3. The van der Waals surface area contributed by atoms with E-state index in [4.69, 9.17) is 0 Å². The van der Waals surface area contributed by atoms with Crippen LogP contribution in [-0.4, -0.2) is 36.2 Å². The standard InChI is InChI=1S/C23H18N8O2/c1-14-21(23(33)31(29-14)18-5-3-2-4-6-18)28-25-16-9-7-15(8-10-16)22(32)24-17-11-12-19-20(13-17)27-30-26-19/h2-13,33H,1H3,(H,24,32)(H,26,27,30). The number of amides is 1. The third-order valence-corrected chi connectivity index (χ3v) is 4.98. The third-order valence-electron chi connectivity index (χ3n) is 4.98. The number of aryl methyl sites for hydroxylation is 1. The summed E-state index contributed by atoms with van der Waals surface area (Å²) >= 11 is 0. The highest BCUT2D eigenvalue weighted by molar-refractivity contribution is 6.05. The first-order valence-electron chi connectivity index (χ1n) is 10.1. The zero-order valence-corrected chi connectivity index (χ0v) is 17.5. The van der Waals surface area contributed by atoms with Crippen molar-refractivity contribution in [3.8, 4) is 11.6 Å². The van der Waals surface area contributed by atoms with E-state index in [1.165, 1.54) is 4.68 Å². The van der Waals surface area contributed by atoms with Crippen molar-refractivity contribution in [2.45, 2.75) is 6.92 Å². The van der Waals surface area contributed by atoms with Crippen LogP contribution >= 0.6 is 0 Å². The Morgan fingerprint density at radius 1 is 1.03 bits per heavy atom. The number of aromatic amines is 1. The summed E-state index contributed by atoms with van der Waals surface area (Å²) in [6.45, 7) is 1.75. The van der Waals surface area contributed by atoms with E-state index < -0.39 is 0 Å². The van der Waals surface area contributed by atoms with E-state index in [0.717, 1.165) is 11.2 Å². The summed E-state index contributed by atoms with van der Waals surface area (Å²) in [7, 11) is 0. The molecule has 0 unspecified atom stereocenters. The van der Waals surface area contributed by atoms with Gasteiger partial charge in [-0.25, -0.2) is 0 Å². The fraction of sp³-hybridized carbons (Fsp3) is 0.0435. The van der Waals surface area contributed by atoms with Gasteiger partial charge in [0.1, 0.15) is 5.52 Å². The maximum absolute atomic E-state index is 12.6. The molecule has 0 aliphatic rings. The van der Waals surface area contributed by atoms with Crippen molar-refractivity contribution in [1.29, 1.82) is 0 Å². The largest absolute Gasteiger partial charge is 0.492 e. The fourth-order valence-corrected chi connectivity index (χ4v) is 3.28. The highest BCUT2D eigenvalue weighted by Crippen LogP contribution is 2.33. The topological polar surface area (TPSA) is 133 Å². The zero-order valence-electron chi connectivity index (χ0n) is 17.5. The Morgan fingerprint density at radius 2 is 1.82 bits per heavy atom. The number of carbonyl (C=O) groups excluding carboxylic acids is 1. The first-order chi connectivity index (χ1) is 16.1. The number of carbonyl (C=O) groups is 1. The van der Waals surface area contributed by atoms with Crippen LogP contribution in [0.15, 0.2) is 83.0 Å². The number of benzene rings is 3. The Hall–Kier alpha value is -4.86. The number of H-pyrrole nitrogens is 1. The lowest BCUT2D eigenvalue weighted by molar-refractivity contribution is 0.102. The second kappa shape index (κ2) is 8.35. The fourth-order valence-electron chi connectivity index (χ4n) is 3.28. The predicted octanol–water partition coefficient (Wildman–Crippen LogP) is 4.83. The molecule has 10 nitrogen and oxygen atoms in total. The van der Waals surface area contributed by atoms with Gasteiger partial charge in [-0.05, 0) is 61.5 Å². The minimum absolute atomic E-state index is 0.0949. The van der Waals surface area contributed by atoms with E-state index in [1.54, 1.807) is 49.4 Å². The smallest absolute Gasteiger partial charge is 0.255 e. The molecular weight excluding hydrogens is 420 g/mol. The zero-order chi connectivity index (χ0) is 22.8. The van der Waals surface area contributed by atoms with Crippen LogP contribution in [0.4, 0.5) is 17.1 Å². The lowest BCUT2D eigenvalue weighted by Crippen LogP contribution is -2.11. The Balaban J connectivity index is 1.31. The second-order valence-electron chi connectivity index (χ2n) is 7.25. The monoisotopic (exact) mass is 438 g/mol. The van der Waals surface area contributed by atoms with E-state index in [9.17, 15) is 9.90 Å². The number of aromatic hydroxyl groups is 1. The van der Waals surface area contributed by atoms with Gasteiger partial charge in [-0.2, -0.15) is 14.9 Å². The molecule has 1 amide bonds. The van der Waals surface area contributed by atoms with Crippen LogP contribution < -0.4 is 5.32 Å². The Labute approximate surface area is 187 Å². The van der Waals surface area contributed by atoms with Crippen molar-refractivity contribution in [3.05, 3.63) is 84.1 Å². The number of fused-ring (bicyclic) bond motifs is 1. The third kappa shape index (κ3) is 4.04. The number of rotatable bonds is 5. The van der Waals surface area contributed by atoms with Crippen LogP contribution in [-0.2, 0) is 0 Å². The van der Waals surface area contributed by atoms with Gasteiger partial charge >= 0.3 is 0 Å². The Kier molecular flexibility index (Phi) is 5.07. The summed E-state index contributed by atoms with van der Waals surface area (Å²) < 4.78 is 1.41. The van der Waals surface area contributed by atoms with Gasteiger partial charge in [0.15, 0.2) is 5.69 Å². The van der Waals surface area contributed by atoms with Crippen molar-refractivity contribution in [3.63, 3.8) is 0 Å². The SMILES string of the molecule is Cc1nn(-c2ccccc2)c(O)c1N=Nc1ccc(C(=O)Nc2ccc3[nH]nnc3c2)cc1. The highest BCUT2D eigenvalue weighted by Gasteiger charge is 2.15. The quantitative estimate of drug-likeness (QED) is 0.338. The molecule has 5 aromatic rings. The molecule has 33 heavy (non-hydrogen) atoms. The van der Waals surface area contributed by atoms with E-state index >= 15 is 0 Å². The van der Waals surface area contributed by atoms with Gasteiger partial charge < -0.3 is 10.4 Å². The lowest BCUT2D eigenvalue weighted by Gasteiger charge is -2.05. The van der Waals surface area contributed by atoms with Crippen molar-refractivity contribution < 1.29 is 9.90 Å². The molecule has 0 radical (unpaired) electrons.